The maximum atomic E-state index is 12.3. The van der Waals surface area contributed by atoms with Gasteiger partial charge in [-0.25, -0.2) is 9.78 Å². The van der Waals surface area contributed by atoms with E-state index in [1.807, 2.05) is 0 Å². The Morgan fingerprint density at radius 2 is 2.29 bits per heavy atom. The molecular formula is C15H17N3O3. The predicted octanol–water partition coefficient (Wildman–Crippen LogP) is 1.43. The third-order valence-corrected chi connectivity index (χ3v) is 3.32. The van der Waals surface area contributed by atoms with E-state index in [4.69, 9.17) is 4.74 Å². The first kappa shape index (κ1) is 14.8. The zero-order chi connectivity index (χ0) is 15.4. The molecule has 6 heteroatoms. The van der Waals surface area contributed by atoms with Gasteiger partial charge in [0.05, 0.1) is 25.2 Å². The Bertz CT molecular complexity index is 678. The monoisotopic (exact) mass is 287 g/mol. The first-order valence-electron chi connectivity index (χ1n) is 6.49. The molecule has 0 aliphatic heterocycles. The van der Waals surface area contributed by atoms with E-state index < -0.39 is 12.0 Å². The molecule has 0 saturated carbocycles. The lowest BCUT2D eigenvalue weighted by Gasteiger charge is -2.20. The molecule has 2 heterocycles. The largest absolute Gasteiger partial charge is 0.467 e. The second-order valence-corrected chi connectivity index (χ2v) is 4.71. The Kier molecular flexibility index (Phi) is 4.37. The van der Waals surface area contributed by atoms with Gasteiger partial charge in [0.25, 0.3) is 5.91 Å². The van der Waals surface area contributed by atoms with E-state index in [0.29, 0.717) is 5.56 Å². The molecule has 0 aliphatic carbocycles. The fourth-order valence-corrected chi connectivity index (χ4v) is 1.95. The molecule has 2 aromatic rings. The highest BCUT2D eigenvalue weighted by molar-refractivity contribution is 5.97. The lowest BCUT2D eigenvalue weighted by atomic mass is 10.0. The van der Waals surface area contributed by atoms with Crippen molar-refractivity contribution in [2.24, 2.45) is 5.92 Å². The molecule has 0 unspecified atom stereocenters. The molecule has 0 bridgehead atoms. The van der Waals surface area contributed by atoms with E-state index >= 15 is 0 Å². The van der Waals surface area contributed by atoms with Crippen LogP contribution in [0.1, 0.15) is 17.3 Å². The molecular weight excluding hydrogens is 270 g/mol. The van der Waals surface area contributed by atoms with Crippen LogP contribution in [0.2, 0.25) is 0 Å². The van der Waals surface area contributed by atoms with E-state index in [0.717, 1.165) is 5.52 Å². The van der Waals surface area contributed by atoms with Crippen molar-refractivity contribution in [3.63, 3.8) is 0 Å². The summed E-state index contributed by atoms with van der Waals surface area (Å²) in [4.78, 5) is 28.0. The standard InChI is InChI=1S/C15H17N3O3/c1-4-10(2)13(15(20)21-3)17-14(19)11-5-6-18-9-16-8-12(18)7-11/h4-10,13H,1H2,2-3H3,(H,17,19)/t10-,13-/m1/s1. The molecule has 1 N–H and O–H groups in total. The summed E-state index contributed by atoms with van der Waals surface area (Å²) in [6, 6.07) is 2.60. The quantitative estimate of drug-likeness (QED) is 0.667. The number of imidazole rings is 1. The number of nitrogens with zero attached hydrogens (tertiary/aromatic N) is 2. The van der Waals surface area contributed by atoms with Crippen LogP contribution in [-0.2, 0) is 9.53 Å². The number of carbonyl (C=O) groups is 2. The molecule has 0 aromatic carbocycles. The Balaban J connectivity index is 2.21. The first-order chi connectivity index (χ1) is 10.1. The summed E-state index contributed by atoms with van der Waals surface area (Å²) in [5.74, 6) is -1.08. The Labute approximate surface area is 122 Å². The number of amides is 1. The Morgan fingerprint density at radius 3 is 2.95 bits per heavy atom. The van der Waals surface area contributed by atoms with Crippen molar-refractivity contribution in [1.82, 2.24) is 14.7 Å². The van der Waals surface area contributed by atoms with Crippen LogP contribution in [0.3, 0.4) is 0 Å². The van der Waals surface area contributed by atoms with Crippen molar-refractivity contribution < 1.29 is 14.3 Å². The van der Waals surface area contributed by atoms with Crippen molar-refractivity contribution in [3.8, 4) is 0 Å². The van der Waals surface area contributed by atoms with E-state index in [1.54, 1.807) is 48.3 Å². The summed E-state index contributed by atoms with van der Waals surface area (Å²) in [5, 5.41) is 2.68. The highest BCUT2D eigenvalue weighted by atomic mass is 16.5. The van der Waals surface area contributed by atoms with Crippen molar-refractivity contribution in [2.45, 2.75) is 13.0 Å². The summed E-state index contributed by atoms with van der Waals surface area (Å²) in [6.45, 7) is 5.43. The molecule has 0 saturated heterocycles. The van der Waals surface area contributed by atoms with Crippen LogP contribution in [0.4, 0.5) is 0 Å². The van der Waals surface area contributed by atoms with Crippen LogP contribution in [0.25, 0.3) is 5.52 Å². The molecule has 6 nitrogen and oxygen atoms in total. The molecule has 21 heavy (non-hydrogen) atoms. The fraction of sp³-hybridized carbons (Fsp3) is 0.267. The maximum Gasteiger partial charge on any atom is 0.328 e. The van der Waals surface area contributed by atoms with Crippen molar-refractivity contribution >= 4 is 17.4 Å². The minimum atomic E-state index is -0.763. The number of aromatic nitrogens is 2. The summed E-state index contributed by atoms with van der Waals surface area (Å²) >= 11 is 0. The van der Waals surface area contributed by atoms with Gasteiger partial charge in [-0.2, -0.15) is 0 Å². The minimum absolute atomic E-state index is 0.236. The van der Waals surface area contributed by atoms with Gasteiger partial charge in [-0.3, -0.25) is 4.79 Å². The van der Waals surface area contributed by atoms with Crippen LogP contribution < -0.4 is 5.32 Å². The molecule has 2 rings (SSSR count). The van der Waals surface area contributed by atoms with Gasteiger partial charge < -0.3 is 14.5 Å². The second kappa shape index (κ2) is 6.21. The molecule has 0 fully saturated rings. The van der Waals surface area contributed by atoms with Gasteiger partial charge in [-0.05, 0) is 12.1 Å². The van der Waals surface area contributed by atoms with Gasteiger partial charge in [-0.1, -0.05) is 13.0 Å². The number of esters is 1. The van der Waals surface area contributed by atoms with Crippen LogP contribution in [-0.4, -0.2) is 34.4 Å². The van der Waals surface area contributed by atoms with E-state index in [2.05, 4.69) is 16.9 Å². The third-order valence-electron chi connectivity index (χ3n) is 3.32. The van der Waals surface area contributed by atoms with Crippen LogP contribution in [0.15, 0.2) is 43.5 Å². The fourth-order valence-electron chi connectivity index (χ4n) is 1.95. The van der Waals surface area contributed by atoms with E-state index in [9.17, 15) is 9.59 Å². The normalized spacial score (nSPS) is 13.4. The number of methoxy groups -OCH3 is 1. The molecule has 110 valence electrons. The average Bonchev–Trinajstić information content (AvgIpc) is 2.98. The smallest absolute Gasteiger partial charge is 0.328 e. The number of fused-ring (bicyclic) bond motifs is 1. The third kappa shape index (κ3) is 3.10. The Hall–Kier alpha value is -2.63. The molecule has 0 spiro atoms. The average molecular weight is 287 g/mol. The minimum Gasteiger partial charge on any atom is -0.467 e. The zero-order valence-corrected chi connectivity index (χ0v) is 11.9. The highest BCUT2D eigenvalue weighted by Crippen LogP contribution is 2.10. The summed E-state index contributed by atoms with van der Waals surface area (Å²) in [5.41, 5.74) is 1.25. The number of carbonyl (C=O) groups excluding carboxylic acids is 2. The summed E-state index contributed by atoms with van der Waals surface area (Å²) < 4.78 is 6.51. The zero-order valence-electron chi connectivity index (χ0n) is 11.9. The van der Waals surface area contributed by atoms with Crippen molar-refractivity contribution in [2.75, 3.05) is 7.11 Å². The molecule has 0 radical (unpaired) electrons. The van der Waals surface area contributed by atoms with Crippen LogP contribution in [0.5, 0.6) is 0 Å². The van der Waals surface area contributed by atoms with Crippen molar-refractivity contribution in [1.29, 1.82) is 0 Å². The molecule has 1 amide bonds. The molecule has 0 aliphatic rings. The van der Waals surface area contributed by atoms with Crippen LogP contribution in [0, 0.1) is 5.92 Å². The highest BCUT2D eigenvalue weighted by Gasteiger charge is 2.26. The van der Waals surface area contributed by atoms with Gasteiger partial charge in [0.1, 0.15) is 6.04 Å². The SMILES string of the molecule is C=C[C@@H](C)[C@@H](NC(=O)c1ccn2cncc2c1)C(=O)OC. The Morgan fingerprint density at radius 1 is 1.52 bits per heavy atom. The topological polar surface area (TPSA) is 72.7 Å². The number of ether oxygens (including phenoxy) is 1. The number of nitrogens with one attached hydrogen (secondary N) is 1. The summed E-state index contributed by atoms with van der Waals surface area (Å²) in [7, 11) is 1.29. The van der Waals surface area contributed by atoms with Gasteiger partial charge in [-0.15, -0.1) is 6.58 Å². The van der Waals surface area contributed by atoms with E-state index in [1.165, 1.54) is 7.11 Å². The predicted molar refractivity (Wildman–Crippen MR) is 77.8 cm³/mol. The number of hydrogen-bond acceptors (Lipinski definition) is 4. The number of rotatable bonds is 5. The van der Waals surface area contributed by atoms with Gasteiger partial charge in [0.2, 0.25) is 0 Å². The maximum absolute atomic E-state index is 12.3. The van der Waals surface area contributed by atoms with Gasteiger partial charge >= 0.3 is 5.97 Å². The lowest BCUT2D eigenvalue weighted by Crippen LogP contribution is -2.45. The molecule has 2 aromatic heterocycles. The van der Waals surface area contributed by atoms with Crippen LogP contribution >= 0.6 is 0 Å². The second-order valence-electron chi connectivity index (χ2n) is 4.71. The van der Waals surface area contributed by atoms with Gasteiger partial charge in [0, 0.05) is 17.7 Å². The number of pyridine rings is 1. The van der Waals surface area contributed by atoms with Gasteiger partial charge in [0.15, 0.2) is 0 Å². The lowest BCUT2D eigenvalue weighted by molar-refractivity contribution is -0.143. The first-order valence-corrected chi connectivity index (χ1v) is 6.49. The molecule has 2 atom stereocenters. The van der Waals surface area contributed by atoms with Crippen molar-refractivity contribution in [3.05, 3.63) is 49.1 Å². The number of hydrogen-bond donors (Lipinski definition) is 1. The summed E-state index contributed by atoms with van der Waals surface area (Å²) in [6.07, 6.45) is 6.64. The van der Waals surface area contributed by atoms with E-state index in [-0.39, 0.29) is 11.8 Å².